The van der Waals surface area contributed by atoms with Gasteiger partial charge in [0.2, 0.25) is 0 Å². The van der Waals surface area contributed by atoms with Crippen LogP contribution in [-0.2, 0) is 9.53 Å². The molecule has 0 fully saturated rings. The summed E-state index contributed by atoms with van der Waals surface area (Å²) >= 11 is 7.53. The minimum atomic E-state index is -0.496. The molecule has 0 spiro atoms. The molecule has 1 aromatic carbocycles. The van der Waals surface area contributed by atoms with Crippen LogP contribution in [0.1, 0.15) is 32.8 Å². The van der Waals surface area contributed by atoms with E-state index in [4.69, 9.17) is 16.3 Å². The Labute approximate surface area is 136 Å². The zero-order chi connectivity index (χ0) is 15.9. The number of nitrogens with zero attached hydrogens (tertiary/aromatic N) is 1. The fourth-order valence-electron chi connectivity index (χ4n) is 1.58. The van der Waals surface area contributed by atoms with Crippen molar-refractivity contribution < 1.29 is 9.53 Å². The highest BCUT2D eigenvalue weighted by Gasteiger charge is 2.23. The molecule has 1 rings (SSSR count). The first-order chi connectivity index (χ1) is 9.81. The van der Waals surface area contributed by atoms with Gasteiger partial charge in [0.25, 0.3) is 0 Å². The second kappa shape index (κ2) is 8.44. The number of ether oxygens (including phenoxy) is 1. The van der Waals surface area contributed by atoms with Crippen molar-refractivity contribution in [3.05, 3.63) is 34.9 Å². The summed E-state index contributed by atoms with van der Waals surface area (Å²) in [6.07, 6.45) is 4.38. The Bertz CT molecular complexity index is 480. The molecule has 5 heteroatoms. The number of benzene rings is 1. The van der Waals surface area contributed by atoms with Crippen LogP contribution in [-0.4, -0.2) is 35.8 Å². The van der Waals surface area contributed by atoms with Crippen LogP contribution in [0.4, 0.5) is 0 Å². The van der Waals surface area contributed by atoms with Gasteiger partial charge in [-0.05, 0) is 56.9 Å². The zero-order valence-corrected chi connectivity index (χ0v) is 14.5. The average Bonchev–Trinajstić information content (AvgIpc) is 2.38. The number of esters is 1. The molecular weight excluding hydrogens is 306 g/mol. The van der Waals surface area contributed by atoms with E-state index in [0.29, 0.717) is 11.4 Å². The monoisotopic (exact) mass is 327 g/mol. The van der Waals surface area contributed by atoms with Gasteiger partial charge in [0.1, 0.15) is 11.6 Å². The molecule has 0 aliphatic carbocycles. The van der Waals surface area contributed by atoms with Gasteiger partial charge >= 0.3 is 5.97 Å². The van der Waals surface area contributed by atoms with Crippen LogP contribution in [0.15, 0.2) is 29.3 Å². The molecule has 1 atom stereocenters. The molecule has 0 aliphatic heterocycles. The van der Waals surface area contributed by atoms with Crippen molar-refractivity contribution >= 4 is 35.5 Å². The molecule has 0 N–H and O–H groups in total. The first-order valence-electron chi connectivity index (χ1n) is 6.82. The summed E-state index contributed by atoms with van der Waals surface area (Å²) < 4.78 is 5.42. The van der Waals surface area contributed by atoms with Crippen molar-refractivity contribution in [2.24, 2.45) is 4.99 Å². The average molecular weight is 328 g/mol. The van der Waals surface area contributed by atoms with Crippen molar-refractivity contribution in [2.75, 3.05) is 12.0 Å². The van der Waals surface area contributed by atoms with E-state index < -0.39 is 11.6 Å². The number of halogens is 1. The number of thioether (sulfide) groups is 1. The minimum absolute atomic E-state index is 0.276. The van der Waals surface area contributed by atoms with Gasteiger partial charge in [-0.2, -0.15) is 11.8 Å². The molecule has 0 saturated carbocycles. The summed E-state index contributed by atoms with van der Waals surface area (Å²) in [5.74, 6) is 0.587. The minimum Gasteiger partial charge on any atom is -0.458 e. The molecule has 0 saturated heterocycles. The Hall–Kier alpha value is -1.00. The maximum absolute atomic E-state index is 12.2. The lowest BCUT2D eigenvalue weighted by Gasteiger charge is -2.22. The fourth-order valence-corrected chi connectivity index (χ4v) is 2.16. The number of hydrogen-bond donors (Lipinski definition) is 0. The second-order valence-corrected chi connectivity index (χ2v) is 7.08. The molecule has 0 aliphatic rings. The fraction of sp³-hybridized carbons (Fsp3) is 0.500. The van der Waals surface area contributed by atoms with Gasteiger partial charge in [-0.1, -0.05) is 23.7 Å². The van der Waals surface area contributed by atoms with Gasteiger partial charge in [-0.15, -0.1) is 0 Å². The summed E-state index contributed by atoms with van der Waals surface area (Å²) in [5, 5.41) is 0.679. The normalized spacial score (nSPS) is 13.4. The number of carbonyl (C=O) groups excluding carboxylic acids is 1. The van der Waals surface area contributed by atoms with Crippen molar-refractivity contribution in [3.8, 4) is 0 Å². The molecular formula is C16H22ClNO2S. The summed E-state index contributed by atoms with van der Waals surface area (Å²) in [6, 6.07) is 6.87. The molecule has 0 radical (unpaired) electrons. The van der Waals surface area contributed by atoms with Crippen molar-refractivity contribution in [1.82, 2.24) is 0 Å². The smallest absolute Gasteiger partial charge is 0.331 e. The molecule has 1 aromatic rings. The number of rotatable bonds is 6. The van der Waals surface area contributed by atoms with E-state index in [1.54, 1.807) is 30.1 Å². The Morgan fingerprint density at radius 1 is 1.38 bits per heavy atom. The highest BCUT2D eigenvalue weighted by Crippen LogP contribution is 2.14. The number of carbonyl (C=O) groups is 1. The Morgan fingerprint density at radius 3 is 2.52 bits per heavy atom. The van der Waals surface area contributed by atoms with E-state index in [9.17, 15) is 4.79 Å². The van der Waals surface area contributed by atoms with E-state index in [0.717, 1.165) is 11.3 Å². The van der Waals surface area contributed by atoms with E-state index >= 15 is 0 Å². The maximum Gasteiger partial charge on any atom is 0.331 e. The standard InChI is InChI=1S/C16H22ClNO2S/c1-16(2,3)20-15(19)14(9-10-21-4)18-11-12-5-7-13(17)8-6-12/h5-8,11,14H,9-10H2,1-4H3. The van der Waals surface area contributed by atoms with Crippen molar-refractivity contribution in [2.45, 2.75) is 38.8 Å². The first kappa shape index (κ1) is 18.1. The molecule has 0 amide bonds. The SMILES string of the molecule is CSCCC(N=Cc1ccc(Cl)cc1)C(=O)OC(C)(C)C. The quantitative estimate of drug-likeness (QED) is 0.580. The predicted octanol–water partition coefficient (Wildman–Crippen LogP) is 4.22. The molecule has 1 unspecified atom stereocenters. The topological polar surface area (TPSA) is 38.7 Å². The van der Waals surface area contributed by atoms with E-state index in [2.05, 4.69) is 4.99 Å². The Balaban J connectivity index is 2.77. The molecule has 21 heavy (non-hydrogen) atoms. The third-order valence-corrected chi connectivity index (χ3v) is 3.44. The van der Waals surface area contributed by atoms with Crippen LogP contribution in [0.25, 0.3) is 0 Å². The van der Waals surface area contributed by atoms with E-state index in [-0.39, 0.29) is 5.97 Å². The maximum atomic E-state index is 12.2. The van der Waals surface area contributed by atoms with Gasteiger partial charge in [0.15, 0.2) is 0 Å². The summed E-state index contributed by atoms with van der Waals surface area (Å²) in [5.41, 5.74) is 0.418. The predicted molar refractivity (Wildman–Crippen MR) is 91.7 cm³/mol. The van der Waals surface area contributed by atoms with E-state index in [1.807, 2.05) is 39.2 Å². The molecule has 3 nitrogen and oxygen atoms in total. The molecule has 0 heterocycles. The van der Waals surface area contributed by atoms with Crippen molar-refractivity contribution in [3.63, 3.8) is 0 Å². The van der Waals surface area contributed by atoms with Crippen LogP contribution in [0.2, 0.25) is 5.02 Å². The summed E-state index contributed by atoms with van der Waals surface area (Å²) in [6.45, 7) is 5.58. The third kappa shape index (κ3) is 7.53. The molecule has 0 bridgehead atoms. The van der Waals surface area contributed by atoms with Gasteiger partial charge in [0, 0.05) is 11.2 Å². The number of aliphatic imine (C=N–C) groups is 1. The van der Waals surface area contributed by atoms with Crippen LogP contribution >= 0.6 is 23.4 Å². The molecule has 0 aromatic heterocycles. The van der Waals surface area contributed by atoms with Crippen LogP contribution in [0.3, 0.4) is 0 Å². The largest absolute Gasteiger partial charge is 0.458 e. The highest BCUT2D eigenvalue weighted by molar-refractivity contribution is 7.98. The van der Waals surface area contributed by atoms with Crippen LogP contribution in [0, 0.1) is 0 Å². The van der Waals surface area contributed by atoms with Crippen molar-refractivity contribution in [1.29, 1.82) is 0 Å². The highest BCUT2D eigenvalue weighted by atomic mass is 35.5. The van der Waals surface area contributed by atoms with Gasteiger partial charge in [0.05, 0.1) is 0 Å². The van der Waals surface area contributed by atoms with Gasteiger partial charge in [-0.3, -0.25) is 4.99 Å². The van der Waals surface area contributed by atoms with Gasteiger partial charge < -0.3 is 4.74 Å². The Kier molecular flexibility index (Phi) is 7.26. The summed E-state index contributed by atoms with van der Waals surface area (Å²) in [4.78, 5) is 16.6. The first-order valence-corrected chi connectivity index (χ1v) is 8.59. The lowest BCUT2D eigenvalue weighted by molar-refractivity contribution is -0.156. The number of hydrogen-bond acceptors (Lipinski definition) is 4. The van der Waals surface area contributed by atoms with Crippen LogP contribution < -0.4 is 0 Å². The second-order valence-electron chi connectivity index (χ2n) is 5.66. The Morgan fingerprint density at radius 2 is 2.00 bits per heavy atom. The molecule has 116 valence electrons. The van der Waals surface area contributed by atoms with E-state index in [1.165, 1.54) is 0 Å². The lowest BCUT2D eigenvalue weighted by Crippen LogP contribution is -2.31. The summed E-state index contributed by atoms with van der Waals surface area (Å²) in [7, 11) is 0. The van der Waals surface area contributed by atoms with Crippen LogP contribution in [0.5, 0.6) is 0 Å². The lowest BCUT2D eigenvalue weighted by atomic mass is 10.1. The van der Waals surface area contributed by atoms with Gasteiger partial charge in [-0.25, -0.2) is 4.79 Å². The zero-order valence-electron chi connectivity index (χ0n) is 12.9. The third-order valence-electron chi connectivity index (χ3n) is 2.55.